The molecule has 0 bridgehead atoms. The van der Waals surface area contributed by atoms with Crippen LogP contribution in [0.15, 0.2) is 60.7 Å². The van der Waals surface area contributed by atoms with Gasteiger partial charge in [0, 0.05) is 5.70 Å². The van der Waals surface area contributed by atoms with E-state index in [2.05, 4.69) is 20.3 Å². The van der Waals surface area contributed by atoms with Gasteiger partial charge < -0.3 is 5.32 Å². The van der Waals surface area contributed by atoms with E-state index in [1.165, 1.54) is 0 Å². The van der Waals surface area contributed by atoms with Crippen molar-refractivity contribution in [2.75, 3.05) is 5.32 Å². The predicted molar refractivity (Wildman–Crippen MR) is 94.2 cm³/mol. The van der Waals surface area contributed by atoms with Gasteiger partial charge in [0.25, 0.3) is 0 Å². The number of benzene rings is 2. The van der Waals surface area contributed by atoms with Crippen LogP contribution in [0.2, 0.25) is 10.6 Å². The van der Waals surface area contributed by atoms with Crippen molar-refractivity contribution in [2.45, 2.75) is 0 Å². The Labute approximate surface area is 143 Å². The number of anilines is 1. The Hall–Kier alpha value is -2.43. The molecular formula is C17H12Cl2N4. The fourth-order valence-electron chi connectivity index (χ4n) is 2.03. The lowest BCUT2D eigenvalue weighted by atomic mass is 10.1. The number of rotatable bonds is 4. The molecule has 0 aliphatic carbocycles. The Morgan fingerprint density at radius 2 is 1.35 bits per heavy atom. The van der Waals surface area contributed by atoms with Gasteiger partial charge in [-0.15, -0.1) is 0 Å². The molecule has 0 spiro atoms. The standard InChI is InChI=1S/C17H12Cl2N4/c18-15-21-16(19)23-17(22-15)20-14(13-9-5-2-6-10-13)11-12-7-3-1-4-8-12/h1-11H,(H,20,21,22,23). The number of halogens is 2. The summed E-state index contributed by atoms with van der Waals surface area (Å²) in [6, 6.07) is 19.8. The molecule has 0 atom stereocenters. The Morgan fingerprint density at radius 3 is 1.96 bits per heavy atom. The molecule has 0 saturated carbocycles. The lowest BCUT2D eigenvalue weighted by molar-refractivity contribution is 1.06. The minimum atomic E-state index is 0.0413. The summed E-state index contributed by atoms with van der Waals surface area (Å²) in [6.07, 6.45) is 2.00. The van der Waals surface area contributed by atoms with Crippen LogP contribution in [0.25, 0.3) is 11.8 Å². The Kier molecular flexibility index (Phi) is 4.86. The molecule has 0 radical (unpaired) electrons. The van der Waals surface area contributed by atoms with Crippen molar-refractivity contribution in [2.24, 2.45) is 0 Å². The molecule has 0 amide bonds. The maximum absolute atomic E-state index is 5.83. The molecule has 4 nitrogen and oxygen atoms in total. The summed E-state index contributed by atoms with van der Waals surface area (Å²) in [6.45, 7) is 0. The number of nitrogens with one attached hydrogen (secondary N) is 1. The third-order valence-electron chi connectivity index (χ3n) is 3.02. The van der Waals surface area contributed by atoms with Gasteiger partial charge in [-0.2, -0.15) is 15.0 Å². The Balaban J connectivity index is 2.00. The van der Waals surface area contributed by atoms with Gasteiger partial charge in [0.05, 0.1) is 0 Å². The second-order valence-corrected chi connectivity index (χ2v) is 5.33. The molecule has 1 heterocycles. The van der Waals surface area contributed by atoms with Gasteiger partial charge in [-0.1, -0.05) is 60.7 Å². The van der Waals surface area contributed by atoms with E-state index in [0.717, 1.165) is 16.8 Å². The molecule has 0 aliphatic rings. The van der Waals surface area contributed by atoms with Crippen molar-refractivity contribution >= 4 is 40.9 Å². The summed E-state index contributed by atoms with van der Waals surface area (Å²) in [5, 5.41) is 3.24. The van der Waals surface area contributed by atoms with E-state index in [9.17, 15) is 0 Å². The smallest absolute Gasteiger partial charge is 0.232 e. The van der Waals surface area contributed by atoms with Crippen LogP contribution in [0.3, 0.4) is 0 Å². The molecule has 23 heavy (non-hydrogen) atoms. The van der Waals surface area contributed by atoms with Crippen LogP contribution in [0.1, 0.15) is 11.1 Å². The van der Waals surface area contributed by atoms with Gasteiger partial charge in [-0.3, -0.25) is 0 Å². The van der Waals surface area contributed by atoms with E-state index >= 15 is 0 Å². The monoisotopic (exact) mass is 342 g/mol. The average molecular weight is 343 g/mol. The number of nitrogens with zero attached hydrogens (tertiary/aromatic N) is 3. The third kappa shape index (κ3) is 4.28. The van der Waals surface area contributed by atoms with Gasteiger partial charge in [0.1, 0.15) is 0 Å². The molecule has 2 aromatic carbocycles. The van der Waals surface area contributed by atoms with Crippen molar-refractivity contribution in [3.63, 3.8) is 0 Å². The maximum Gasteiger partial charge on any atom is 0.232 e. The first-order valence-electron chi connectivity index (χ1n) is 6.87. The molecule has 0 fully saturated rings. The van der Waals surface area contributed by atoms with E-state index in [1.807, 2.05) is 66.7 Å². The van der Waals surface area contributed by atoms with E-state index in [4.69, 9.17) is 23.2 Å². The average Bonchev–Trinajstić information content (AvgIpc) is 2.55. The summed E-state index contributed by atoms with van der Waals surface area (Å²) in [4.78, 5) is 11.8. The topological polar surface area (TPSA) is 50.7 Å². The number of aromatic nitrogens is 3. The van der Waals surface area contributed by atoms with Crippen LogP contribution in [-0.2, 0) is 0 Å². The van der Waals surface area contributed by atoms with Gasteiger partial charge in [0.2, 0.25) is 16.5 Å². The van der Waals surface area contributed by atoms with Gasteiger partial charge in [-0.25, -0.2) is 0 Å². The molecule has 1 N–H and O–H groups in total. The Morgan fingerprint density at radius 1 is 0.783 bits per heavy atom. The lowest BCUT2D eigenvalue weighted by Crippen LogP contribution is -2.04. The molecule has 1 aromatic heterocycles. The predicted octanol–water partition coefficient (Wildman–Crippen LogP) is 4.79. The molecule has 6 heteroatoms. The molecule has 114 valence electrons. The zero-order valence-corrected chi connectivity index (χ0v) is 13.5. The van der Waals surface area contributed by atoms with Gasteiger partial charge in [-0.05, 0) is 40.4 Å². The van der Waals surface area contributed by atoms with Crippen LogP contribution >= 0.6 is 23.2 Å². The van der Waals surface area contributed by atoms with Gasteiger partial charge >= 0.3 is 0 Å². The van der Waals surface area contributed by atoms with Crippen LogP contribution < -0.4 is 5.32 Å². The highest BCUT2D eigenvalue weighted by Crippen LogP contribution is 2.20. The van der Waals surface area contributed by atoms with Crippen LogP contribution in [0.5, 0.6) is 0 Å². The van der Waals surface area contributed by atoms with Crippen LogP contribution in [-0.4, -0.2) is 15.0 Å². The van der Waals surface area contributed by atoms with E-state index in [1.54, 1.807) is 0 Å². The minimum absolute atomic E-state index is 0.0413. The number of hydrogen-bond acceptors (Lipinski definition) is 4. The summed E-state index contributed by atoms with van der Waals surface area (Å²) in [7, 11) is 0. The Bertz CT molecular complexity index is 800. The highest BCUT2D eigenvalue weighted by atomic mass is 35.5. The van der Waals surface area contributed by atoms with Crippen molar-refractivity contribution in [1.29, 1.82) is 0 Å². The largest absolute Gasteiger partial charge is 0.323 e. The third-order valence-corrected chi connectivity index (χ3v) is 3.36. The summed E-state index contributed by atoms with van der Waals surface area (Å²) in [5.74, 6) is 0.293. The molecule has 0 aliphatic heterocycles. The van der Waals surface area contributed by atoms with E-state index < -0.39 is 0 Å². The van der Waals surface area contributed by atoms with Gasteiger partial charge in [0.15, 0.2) is 0 Å². The minimum Gasteiger partial charge on any atom is -0.323 e. The quantitative estimate of drug-likeness (QED) is 0.692. The zero-order valence-electron chi connectivity index (χ0n) is 11.9. The number of hydrogen-bond donors (Lipinski definition) is 1. The highest BCUT2D eigenvalue weighted by Gasteiger charge is 2.07. The molecule has 3 aromatic rings. The van der Waals surface area contributed by atoms with Crippen molar-refractivity contribution in [3.8, 4) is 0 Å². The normalized spacial score (nSPS) is 11.3. The first-order chi connectivity index (χ1) is 11.2. The fraction of sp³-hybridized carbons (Fsp3) is 0. The molecule has 0 saturated heterocycles. The van der Waals surface area contributed by atoms with Crippen molar-refractivity contribution < 1.29 is 0 Å². The highest BCUT2D eigenvalue weighted by molar-refractivity contribution is 6.31. The summed E-state index contributed by atoms with van der Waals surface area (Å²) >= 11 is 11.7. The second-order valence-electron chi connectivity index (χ2n) is 4.66. The molecule has 3 rings (SSSR count). The fourth-order valence-corrected chi connectivity index (χ4v) is 2.39. The van der Waals surface area contributed by atoms with Crippen LogP contribution in [0, 0.1) is 0 Å². The first-order valence-corrected chi connectivity index (χ1v) is 7.62. The van der Waals surface area contributed by atoms with Crippen molar-refractivity contribution in [3.05, 3.63) is 82.4 Å². The maximum atomic E-state index is 5.83. The second kappa shape index (κ2) is 7.22. The SMILES string of the molecule is Clc1nc(Cl)nc(NC(=Cc2ccccc2)c2ccccc2)n1. The molecule has 0 unspecified atom stereocenters. The first kappa shape index (κ1) is 15.5. The van der Waals surface area contributed by atoms with Crippen LogP contribution in [0.4, 0.5) is 5.95 Å². The van der Waals surface area contributed by atoms with E-state index in [-0.39, 0.29) is 10.6 Å². The molecular weight excluding hydrogens is 331 g/mol. The summed E-state index contributed by atoms with van der Waals surface area (Å²) < 4.78 is 0. The van der Waals surface area contributed by atoms with E-state index in [0.29, 0.717) is 5.95 Å². The zero-order chi connectivity index (χ0) is 16.1. The van der Waals surface area contributed by atoms with Crippen molar-refractivity contribution in [1.82, 2.24) is 15.0 Å². The summed E-state index contributed by atoms with van der Waals surface area (Å²) in [5.41, 5.74) is 2.87. The lowest BCUT2D eigenvalue weighted by Gasteiger charge is -2.10.